The van der Waals surface area contributed by atoms with Gasteiger partial charge in [-0.2, -0.15) is 18.3 Å². The first-order valence-electron chi connectivity index (χ1n) is 11.7. The minimum absolute atomic E-state index is 0.0153. The van der Waals surface area contributed by atoms with Crippen LogP contribution in [0.15, 0.2) is 66.9 Å². The Hall–Kier alpha value is -4.74. The Bertz CT molecular complexity index is 1560. The summed E-state index contributed by atoms with van der Waals surface area (Å²) in [5.74, 6) is -4.24. The smallest absolute Gasteiger partial charge is 0.326 e. The molecule has 0 aliphatic carbocycles. The van der Waals surface area contributed by atoms with Crippen LogP contribution in [0.1, 0.15) is 43.6 Å². The molecule has 0 unspecified atom stereocenters. The van der Waals surface area contributed by atoms with Gasteiger partial charge in [-0.3, -0.25) is 9.59 Å². The molecule has 1 N–H and O–H groups in total. The molecule has 2 aromatic carbocycles. The molecule has 0 bridgehead atoms. The highest BCUT2D eigenvalue weighted by Crippen LogP contribution is 2.27. The van der Waals surface area contributed by atoms with E-state index in [-0.39, 0.29) is 33.4 Å². The first-order chi connectivity index (χ1) is 18.2. The molecular weight excluding hydrogens is 515 g/mol. The molecule has 4 rings (SSSR count). The lowest BCUT2D eigenvalue weighted by Gasteiger charge is -2.21. The van der Waals surface area contributed by atoms with Gasteiger partial charge in [0.05, 0.1) is 11.9 Å². The van der Waals surface area contributed by atoms with E-state index < -0.39 is 18.1 Å². The third kappa shape index (κ3) is 6.22. The van der Waals surface area contributed by atoms with Crippen molar-refractivity contribution in [1.29, 1.82) is 0 Å². The molecule has 0 radical (unpaired) electrons. The van der Waals surface area contributed by atoms with Crippen molar-refractivity contribution in [3.8, 4) is 11.3 Å². The molecule has 2 heterocycles. The van der Waals surface area contributed by atoms with Crippen molar-refractivity contribution in [2.24, 2.45) is 0 Å². The predicted molar refractivity (Wildman–Crippen MR) is 137 cm³/mol. The van der Waals surface area contributed by atoms with Gasteiger partial charge in [0.25, 0.3) is 5.91 Å². The summed E-state index contributed by atoms with van der Waals surface area (Å²) in [7, 11) is 0. The fourth-order valence-corrected chi connectivity index (χ4v) is 3.64. The molecule has 202 valence electrons. The summed E-state index contributed by atoms with van der Waals surface area (Å²) < 4.78 is 40.4. The Morgan fingerprint density at radius 2 is 1.67 bits per heavy atom. The van der Waals surface area contributed by atoms with E-state index in [1.807, 2.05) is 20.8 Å². The van der Waals surface area contributed by atoms with Crippen molar-refractivity contribution in [2.75, 3.05) is 10.4 Å². The summed E-state index contributed by atoms with van der Waals surface area (Å²) in [5, 5.41) is 7.28. The number of imidazole rings is 1. The number of alkyl halides is 3. The van der Waals surface area contributed by atoms with Crippen LogP contribution in [0.4, 0.5) is 24.7 Å². The van der Waals surface area contributed by atoms with E-state index in [4.69, 9.17) is 0 Å². The number of rotatable bonds is 4. The van der Waals surface area contributed by atoms with Gasteiger partial charge in [-0.25, -0.2) is 14.3 Å². The predicted octanol–water partition coefficient (Wildman–Crippen LogP) is 5.32. The molecule has 2 aromatic heterocycles. The second-order valence-corrected chi connectivity index (χ2v) is 9.69. The van der Waals surface area contributed by atoms with E-state index in [2.05, 4.69) is 20.2 Å². The Morgan fingerprint density at radius 3 is 2.28 bits per heavy atom. The molecule has 0 aliphatic rings. The second-order valence-electron chi connectivity index (χ2n) is 9.69. The summed E-state index contributed by atoms with van der Waals surface area (Å²) in [6.45, 7) is 7.28. The number of nitrogens with one attached hydrogen (secondary N) is 1. The zero-order valence-corrected chi connectivity index (χ0v) is 21.4. The number of halogens is 3. The summed E-state index contributed by atoms with van der Waals surface area (Å²) in [6, 6.07) is 16.2. The van der Waals surface area contributed by atoms with E-state index in [0.717, 1.165) is 5.56 Å². The maximum absolute atomic E-state index is 13.2. The normalized spacial score (nSPS) is 11.8. The molecule has 0 saturated carbocycles. The lowest BCUT2D eigenvalue weighted by Crippen LogP contribution is -2.39. The van der Waals surface area contributed by atoms with Crippen LogP contribution in [0.3, 0.4) is 0 Å². The van der Waals surface area contributed by atoms with Crippen molar-refractivity contribution < 1.29 is 32.4 Å². The van der Waals surface area contributed by atoms with E-state index in [9.17, 15) is 27.6 Å². The number of carbonyl (C=O) groups excluding carboxylic acids is 3. The molecule has 0 spiro atoms. The molecule has 4 aromatic rings. The van der Waals surface area contributed by atoms with Crippen LogP contribution in [0.2, 0.25) is 0 Å². The largest absolute Gasteiger partial charge is 0.493 e. The number of hydroxylamine groups is 1. The van der Waals surface area contributed by atoms with Crippen LogP contribution in [-0.2, 0) is 19.8 Å². The van der Waals surface area contributed by atoms with E-state index >= 15 is 0 Å². The monoisotopic (exact) mass is 539 g/mol. The van der Waals surface area contributed by atoms with Gasteiger partial charge >= 0.3 is 12.1 Å². The molecule has 2 amide bonds. The number of anilines is 2. The number of benzene rings is 2. The molecular formula is C27H24F3N5O4. The van der Waals surface area contributed by atoms with Crippen LogP contribution < -0.4 is 10.4 Å². The van der Waals surface area contributed by atoms with Crippen molar-refractivity contribution in [1.82, 2.24) is 14.6 Å². The van der Waals surface area contributed by atoms with Crippen molar-refractivity contribution in [2.45, 2.75) is 39.3 Å². The van der Waals surface area contributed by atoms with Gasteiger partial charge in [-0.15, -0.1) is 5.06 Å². The second kappa shape index (κ2) is 10.2. The van der Waals surface area contributed by atoms with Gasteiger partial charge < -0.3 is 10.2 Å². The number of amides is 2. The van der Waals surface area contributed by atoms with Gasteiger partial charge in [0, 0.05) is 23.7 Å². The van der Waals surface area contributed by atoms with Gasteiger partial charge in [-0.1, -0.05) is 45.0 Å². The lowest BCUT2D eigenvalue weighted by atomic mass is 9.87. The minimum Gasteiger partial charge on any atom is -0.326 e. The van der Waals surface area contributed by atoms with Crippen LogP contribution in [-0.4, -0.2) is 38.6 Å². The zero-order chi connectivity index (χ0) is 28.5. The fourth-order valence-electron chi connectivity index (χ4n) is 3.64. The van der Waals surface area contributed by atoms with E-state index in [1.165, 1.54) is 35.8 Å². The first kappa shape index (κ1) is 27.3. The minimum atomic E-state index is -5.35. The van der Waals surface area contributed by atoms with Crippen LogP contribution in [0.25, 0.3) is 16.9 Å². The van der Waals surface area contributed by atoms with Gasteiger partial charge in [0.15, 0.2) is 11.5 Å². The molecule has 0 fully saturated rings. The van der Waals surface area contributed by atoms with Crippen molar-refractivity contribution in [3.63, 3.8) is 0 Å². The quantitative estimate of drug-likeness (QED) is 0.352. The molecule has 9 nitrogen and oxygen atoms in total. The summed E-state index contributed by atoms with van der Waals surface area (Å²) in [4.78, 5) is 45.0. The van der Waals surface area contributed by atoms with Crippen molar-refractivity contribution >= 4 is 34.9 Å². The number of carbonyl (C=O) groups is 3. The number of hydrogen-bond donors (Lipinski definition) is 1. The Balaban J connectivity index is 1.72. The Morgan fingerprint density at radius 1 is 0.974 bits per heavy atom. The van der Waals surface area contributed by atoms with Gasteiger partial charge in [0.2, 0.25) is 5.91 Å². The van der Waals surface area contributed by atoms with Crippen LogP contribution in [0, 0.1) is 0 Å². The number of fused-ring (bicyclic) bond motifs is 1. The molecule has 39 heavy (non-hydrogen) atoms. The third-order valence-electron chi connectivity index (χ3n) is 5.58. The standard InChI is InChI=1S/C27H24F3N5O4/c1-16(36)31-20-7-5-6-18(14-20)21-12-13-22-32-23(15-34(22)33-21)35(39-25(38)27(28,29)30)24(37)17-8-10-19(11-9-17)26(2,3)4/h5-15H,1-4H3,(H,31,36). The highest BCUT2D eigenvalue weighted by atomic mass is 19.4. The average Bonchev–Trinajstić information content (AvgIpc) is 3.28. The SMILES string of the molecule is CC(=O)Nc1cccc(-c2ccc3nc(N(OC(=O)C(F)(F)F)C(=O)c4ccc(C(C)(C)C)cc4)cn3n2)c1. The van der Waals surface area contributed by atoms with Gasteiger partial charge in [0.1, 0.15) is 0 Å². The highest BCUT2D eigenvalue weighted by Gasteiger charge is 2.44. The fraction of sp³-hybridized carbons (Fsp3) is 0.222. The third-order valence-corrected chi connectivity index (χ3v) is 5.58. The van der Waals surface area contributed by atoms with Gasteiger partial charge in [-0.05, 0) is 47.4 Å². The summed E-state index contributed by atoms with van der Waals surface area (Å²) in [6.07, 6.45) is -4.18. The van der Waals surface area contributed by atoms with E-state index in [0.29, 0.717) is 16.9 Å². The Labute approximate surface area is 221 Å². The molecule has 0 aliphatic heterocycles. The summed E-state index contributed by atoms with van der Waals surface area (Å²) in [5.41, 5.74) is 2.45. The average molecular weight is 540 g/mol. The van der Waals surface area contributed by atoms with Crippen LogP contribution >= 0.6 is 0 Å². The Kier molecular flexibility index (Phi) is 7.14. The molecule has 0 atom stereocenters. The molecule has 12 heteroatoms. The number of hydrogen-bond acceptors (Lipinski definition) is 6. The first-order valence-corrected chi connectivity index (χ1v) is 11.7. The topological polar surface area (TPSA) is 106 Å². The molecule has 0 saturated heterocycles. The van der Waals surface area contributed by atoms with Crippen LogP contribution in [0.5, 0.6) is 0 Å². The summed E-state index contributed by atoms with van der Waals surface area (Å²) >= 11 is 0. The lowest BCUT2D eigenvalue weighted by molar-refractivity contribution is -0.200. The maximum atomic E-state index is 13.2. The van der Waals surface area contributed by atoms with Crippen molar-refractivity contribution in [3.05, 3.63) is 78.0 Å². The number of aromatic nitrogens is 3. The zero-order valence-electron chi connectivity index (χ0n) is 21.4. The highest BCUT2D eigenvalue weighted by molar-refractivity contribution is 6.05. The maximum Gasteiger partial charge on any atom is 0.493 e. The number of nitrogens with zero attached hydrogens (tertiary/aromatic N) is 4. The van der Waals surface area contributed by atoms with E-state index in [1.54, 1.807) is 42.5 Å².